The topological polar surface area (TPSA) is 123 Å². The summed E-state index contributed by atoms with van der Waals surface area (Å²) >= 11 is 1.22. The van der Waals surface area contributed by atoms with Gasteiger partial charge < -0.3 is 0 Å². The molecule has 176 valence electrons. The van der Waals surface area contributed by atoms with Crippen LogP contribution in [0.1, 0.15) is 15.9 Å². The molecule has 1 aromatic heterocycles. The summed E-state index contributed by atoms with van der Waals surface area (Å²) < 4.78 is 27.7. The number of sulfonamides is 1. The van der Waals surface area contributed by atoms with Gasteiger partial charge in [0, 0.05) is 35.2 Å². The number of amides is 1. The van der Waals surface area contributed by atoms with Crippen LogP contribution in [0.25, 0.3) is 11.3 Å². The zero-order valence-corrected chi connectivity index (χ0v) is 19.8. The van der Waals surface area contributed by atoms with Crippen LogP contribution in [0.4, 0.5) is 16.5 Å². The zero-order valence-electron chi connectivity index (χ0n) is 18.1. The highest BCUT2D eigenvalue weighted by Crippen LogP contribution is 2.33. The predicted molar refractivity (Wildman–Crippen MR) is 133 cm³/mol. The minimum Gasteiger partial charge on any atom is -0.298 e. The molecule has 3 aromatic carbocycles. The van der Waals surface area contributed by atoms with Crippen molar-refractivity contribution in [2.75, 3.05) is 16.2 Å². The second-order valence-electron chi connectivity index (χ2n) is 7.78. The van der Waals surface area contributed by atoms with Crippen LogP contribution in [0.2, 0.25) is 0 Å². The molecule has 1 aliphatic rings. The Balaban J connectivity index is 1.29. The Labute approximate surface area is 204 Å². The Morgan fingerprint density at radius 2 is 1.74 bits per heavy atom. The average Bonchev–Trinajstić information content (AvgIpc) is 3.52. The first-order valence-corrected chi connectivity index (χ1v) is 12.9. The number of nitrogens with one attached hydrogen (secondary N) is 1. The summed E-state index contributed by atoms with van der Waals surface area (Å²) in [4.78, 5) is 27.5. The van der Waals surface area contributed by atoms with E-state index < -0.39 is 20.9 Å². The first-order chi connectivity index (χ1) is 16.8. The van der Waals surface area contributed by atoms with E-state index in [0.717, 1.165) is 5.56 Å². The Hall–Kier alpha value is -4.09. The highest BCUT2D eigenvalue weighted by atomic mass is 32.2. The largest absolute Gasteiger partial charge is 0.298 e. The number of thiazole rings is 1. The fraction of sp³-hybridized carbons (Fsp3) is 0.0833. The molecule has 0 fully saturated rings. The Morgan fingerprint density at radius 3 is 2.46 bits per heavy atom. The van der Waals surface area contributed by atoms with E-state index in [1.807, 2.05) is 18.2 Å². The number of fused-ring (bicyclic) bond motifs is 1. The summed E-state index contributed by atoms with van der Waals surface area (Å²) in [6.07, 6.45) is 0.658. The van der Waals surface area contributed by atoms with E-state index in [4.69, 9.17) is 0 Å². The number of hydrogen-bond donors (Lipinski definition) is 1. The van der Waals surface area contributed by atoms with Gasteiger partial charge in [-0.3, -0.25) is 24.5 Å². The normalized spacial score (nSPS) is 12.9. The SMILES string of the molecule is O=C(Nc1nc(-c2ccc([N+](=O)[O-])cc2)cs1)c1ccc(S(=O)(=O)N2CCc3ccccc32)cc1. The van der Waals surface area contributed by atoms with Crippen LogP contribution in [0.3, 0.4) is 0 Å². The van der Waals surface area contributed by atoms with Crippen molar-refractivity contribution >= 4 is 43.8 Å². The number of nitro groups is 1. The molecule has 0 saturated carbocycles. The lowest BCUT2D eigenvalue weighted by atomic mass is 10.1. The van der Waals surface area contributed by atoms with Crippen LogP contribution >= 0.6 is 11.3 Å². The molecule has 1 amide bonds. The molecular formula is C24H18N4O5S2. The molecular weight excluding hydrogens is 488 g/mol. The summed E-state index contributed by atoms with van der Waals surface area (Å²) in [6.45, 7) is 0.380. The first kappa shape index (κ1) is 22.7. The summed E-state index contributed by atoms with van der Waals surface area (Å²) in [6, 6.07) is 19.2. The molecule has 4 aromatic rings. The molecule has 0 saturated heterocycles. The minimum absolute atomic E-state index is 0.0168. The number of carbonyl (C=O) groups is 1. The van der Waals surface area contributed by atoms with Gasteiger partial charge in [0.05, 0.1) is 21.2 Å². The number of benzene rings is 3. The predicted octanol–water partition coefficient (Wildman–Crippen LogP) is 4.72. The van der Waals surface area contributed by atoms with Crippen LogP contribution in [-0.4, -0.2) is 30.8 Å². The first-order valence-electron chi connectivity index (χ1n) is 10.6. The smallest absolute Gasteiger partial charge is 0.269 e. The van der Waals surface area contributed by atoms with Gasteiger partial charge in [-0.25, -0.2) is 13.4 Å². The van der Waals surface area contributed by atoms with Crippen molar-refractivity contribution in [1.82, 2.24) is 4.98 Å². The molecule has 1 N–H and O–H groups in total. The van der Waals surface area contributed by atoms with E-state index in [-0.39, 0.29) is 16.1 Å². The van der Waals surface area contributed by atoms with E-state index in [2.05, 4.69) is 10.3 Å². The molecule has 9 nitrogen and oxygen atoms in total. The van der Waals surface area contributed by atoms with Gasteiger partial charge >= 0.3 is 0 Å². The molecule has 0 spiro atoms. The fourth-order valence-electron chi connectivity index (χ4n) is 3.85. The number of nitro benzene ring substituents is 1. The summed E-state index contributed by atoms with van der Waals surface area (Å²) in [7, 11) is -3.74. The fourth-order valence-corrected chi connectivity index (χ4v) is 6.07. The van der Waals surface area contributed by atoms with Gasteiger partial charge in [0.1, 0.15) is 0 Å². The quantitative estimate of drug-likeness (QED) is 0.298. The van der Waals surface area contributed by atoms with Crippen molar-refractivity contribution in [3.63, 3.8) is 0 Å². The molecule has 0 bridgehead atoms. The van der Waals surface area contributed by atoms with Crippen LogP contribution in [-0.2, 0) is 16.4 Å². The van der Waals surface area contributed by atoms with Gasteiger partial charge in [-0.05, 0) is 54.4 Å². The Kier molecular flexibility index (Phi) is 5.79. The van der Waals surface area contributed by atoms with Crippen LogP contribution < -0.4 is 9.62 Å². The molecule has 11 heteroatoms. The number of hydrogen-bond acceptors (Lipinski definition) is 7. The van der Waals surface area contributed by atoms with Crippen molar-refractivity contribution in [3.05, 3.63) is 99.4 Å². The van der Waals surface area contributed by atoms with Crippen molar-refractivity contribution in [1.29, 1.82) is 0 Å². The number of non-ortho nitro benzene ring substituents is 1. The summed E-state index contributed by atoms with van der Waals surface area (Å²) in [5.74, 6) is -0.426. The average molecular weight is 507 g/mol. The van der Waals surface area contributed by atoms with Crippen molar-refractivity contribution in [3.8, 4) is 11.3 Å². The Morgan fingerprint density at radius 1 is 1.03 bits per heavy atom. The van der Waals surface area contributed by atoms with E-state index in [1.54, 1.807) is 23.6 Å². The number of nitrogens with zero attached hydrogens (tertiary/aromatic N) is 3. The van der Waals surface area contributed by atoms with Gasteiger partial charge in [-0.2, -0.15) is 0 Å². The highest BCUT2D eigenvalue weighted by molar-refractivity contribution is 7.92. The number of carbonyl (C=O) groups excluding carboxylic acids is 1. The van der Waals surface area contributed by atoms with E-state index >= 15 is 0 Å². The van der Waals surface area contributed by atoms with Gasteiger partial charge in [0.15, 0.2) is 5.13 Å². The van der Waals surface area contributed by atoms with E-state index in [0.29, 0.717) is 35.0 Å². The molecule has 0 aliphatic carbocycles. The van der Waals surface area contributed by atoms with Gasteiger partial charge in [-0.15, -0.1) is 11.3 Å². The second-order valence-corrected chi connectivity index (χ2v) is 10.5. The standard InChI is InChI=1S/C24H18N4O5S2/c29-23(26-24-25-21(15-34-24)16-5-9-19(10-6-16)28(30)31)18-7-11-20(12-8-18)35(32,33)27-14-13-17-3-1-2-4-22(17)27/h1-12,15H,13-14H2,(H,25,26,29). The highest BCUT2D eigenvalue weighted by Gasteiger charge is 2.30. The van der Waals surface area contributed by atoms with Crippen LogP contribution in [0.5, 0.6) is 0 Å². The Bertz CT molecular complexity index is 1530. The number of anilines is 2. The minimum atomic E-state index is -3.74. The lowest BCUT2D eigenvalue weighted by molar-refractivity contribution is -0.384. The maximum absolute atomic E-state index is 13.1. The zero-order chi connectivity index (χ0) is 24.6. The molecule has 35 heavy (non-hydrogen) atoms. The summed E-state index contributed by atoms with van der Waals surface area (Å²) in [5, 5.41) is 15.6. The van der Waals surface area contributed by atoms with Crippen LogP contribution in [0, 0.1) is 10.1 Å². The van der Waals surface area contributed by atoms with E-state index in [9.17, 15) is 23.3 Å². The third-order valence-corrected chi connectivity index (χ3v) is 8.23. The van der Waals surface area contributed by atoms with Gasteiger partial charge in [-0.1, -0.05) is 18.2 Å². The second kappa shape index (κ2) is 8.93. The van der Waals surface area contributed by atoms with Gasteiger partial charge in [0.2, 0.25) is 0 Å². The molecule has 0 unspecified atom stereocenters. The molecule has 0 radical (unpaired) electrons. The monoisotopic (exact) mass is 506 g/mol. The molecule has 2 heterocycles. The maximum Gasteiger partial charge on any atom is 0.269 e. The number of aromatic nitrogens is 1. The van der Waals surface area contributed by atoms with Crippen molar-refractivity contribution in [2.45, 2.75) is 11.3 Å². The van der Waals surface area contributed by atoms with Crippen LogP contribution in [0.15, 0.2) is 83.1 Å². The van der Waals surface area contributed by atoms with Crippen molar-refractivity contribution in [2.24, 2.45) is 0 Å². The maximum atomic E-state index is 13.1. The lowest BCUT2D eigenvalue weighted by Gasteiger charge is -2.19. The number of para-hydroxylation sites is 1. The third kappa shape index (κ3) is 4.38. The van der Waals surface area contributed by atoms with Crippen molar-refractivity contribution < 1.29 is 18.1 Å². The summed E-state index contributed by atoms with van der Waals surface area (Å²) in [5.41, 5.74) is 3.21. The number of rotatable bonds is 6. The molecule has 1 aliphatic heterocycles. The lowest BCUT2D eigenvalue weighted by Crippen LogP contribution is -2.29. The molecule has 5 rings (SSSR count). The van der Waals surface area contributed by atoms with E-state index in [1.165, 1.54) is 52.0 Å². The molecule has 0 atom stereocenters. The van der Waals surface area contributed by atoms with Gasteiger partial charge in [0.25, 0.3) is 21.6 Å². The third-order valence-electron chi connectivity index (χ3n) is 5.65.